The number of rotatable bonds is 4. The van der Waals surface area contributed by atoms with Crippen molar-refractivity contribution >= 4 is 41.5 Å². The van der Waals surface area contributed by atoms with Gasteiger partial charge in [-0.15, -0.1) is 23.5 Å². The Labute approximate surface area is 176 Å². The van der Waals surface area contributed by atoms with E-state index in [1.54, 1.807) is 0 Å². The minimum atomic E-state index is -0.561. The maximum atomic E-state index is 13.8. The molecule has 0 radical (unpaired) electrons. The third kappa shape index (κ3) is 3.40. The van der Waals surface area contributed by atoms with Crippen molar-refractivity contribution in [3.63, 3.8) is 0 Å². The molecule has 0 atom stereocenters. The summed E-state index contributed by atoms with van der Waals surface area (Å²) in [5.74, 6) is 2.29. The zero-order valence-electron chi connectivity index (χ0n) is 16.9. The van der Waals surface area contributed by atoms with Gasteiger partial charge in [-0.1, -0.05) is 36.4 Å². The van der Waals surface area contributed by atoms with Crippen LogP contribution in [-0.2, 0) is 15.6 Å². The number of carbonyl (C=O) groups excluding carboxylic acids is 1. The van der Waals surface area contributed by atoms with Gasteiger partial charge >= 0.3 is 0 Å². The minimum absolute atomic E-state index is 0.250. The lowest BCUT2D eigenvalue weighted by atomic mass is 9.67. The van der Waals surface area contributed by atoms with Gasteiger partial charge in [-0.2, -0.15) is 0 Å². The average molecular weight is 407 g/mol. The molecule has 3 heteroatoms. The first-order valence-electron chi connectivity index (χ1n) is 9.73. The monoisotopic (exact) mass is 406 g/mol. The molecule has 4 rings (SSSR count). The molecule has 28 heavy (non-hydrogen) atoms. The Morgan fingerprint density at radius 2 is 1.18 bits per heavy atom. The Balaban J connectivity index is 1.69. The molecular formula is C25H26OS2. The maximum absolute atomic E-state index is 13.8. The molecule has 0 saturated carbocycles. The van der Waals surface area contributed by atoms with Crippen molar-refractivity contribution in [1.29, 1.82) is 0 Å². The smallest absolute Gasteiger partial charge is 0.152 e. The van der Waals surface area contributed by atoms with E-state index in [1.165, 1.54) is 20.9 Å². The van der Waals surface area contributed by atoms with E-state index in [2.05, 4.69) is 88.4 Å². The van der Waals surface area contributed by atoms with Crippen molar-refractivity contribution in [3.8, 4) is 0 Å². The van der Waals surface area contributed by atoms with Crippen molar-refractivity contribution in [2.75, 3.05) is 11.5 Å². The highest BCUT2D eigenvalue weighted by Gasteiger charge is 2.41. The van der Waals surface area contributed by atoms with Gasteiger partial charge in [0, 0.05) is 32.1 Å². The predicted octanol–water partition coefficient (Wildman–Crippen LogP) is 6.75. The van der Waals surface area contributed by atoms with Crippen molar-refractivity contribution in [2.24, 2.45) is 0 Å². The Kier molecular flexibility index (Phi) is 5.09. The number of fused-ring (bicyclic) bond motifs is 2. The summed E-state index contributed by atoms with van der Waals surface area (Å²) in [6.45, 7) is 8.25. The van der Waals surface area contributed by atoms with Crippen molar-refractivity contribution in [2.45, 2.75) is 48.3 Å². The Bertz CT molecular complexity index is 916. The molecule has 0 saturated heterocycles. The minimum Gasteiger partial charge on any atom is -0.298 e. The first-order valence-corrected chi connectivity index (χ1v) is 11.7. The number of hydrogen-bond acceptors (Lipinski definition) is 3. The van der Waals surface area contributed by atoms with Gasteiger partial charge in [0.1, 0.15) is 0 Å². The second kappa shape index (κ2) is 7.27. The Morgan fingerprint density at radius 1 is 0.750 bits per heavy atom. The van der Waals surface area contributed by atoms with E-state index < -0.39 is 10.8 Å². The van der Waals surface area contributed by atoms with Crippen LogP contribution in [0.3, 0.4) is 0 Å². The summed E-state index contributed by atoms with van der Waals surface area (Å²) in [6, 6.07) is 13.0. The topological polar surface area (TPSA) is 17.1 Å². The van der Waals surface area contributed by atoms with Crippen molar-refractivity contribution in [1.82, 2.24) is 0 Å². The summed E-state index contributed by atoms with van der Waals surface area (Å²) in [7, 11) is 0. The number of carbonyl (C=O) groups is 1. The molecule has 0 bridgehead atoms. The van der Waals surface area contributed by atoms with Gasteiger partial charge in [-0.25, -0.2) is 0 Å². The van der Waals surface area contributed by atoms with E-state index >= 15 is 0 Å². The molecule has 2 aliphatic rings. The molecule has 2 aromatic rings. The molecule has 0 amide bonds. The quantitative estimate of drug-likeness (QED) is 0.559. The fraction of sp³-hybridized carbons (Fsp3) is 0.320. The van der Waals surface area contributed by atoms with Gasteiger partial charge in [-0.05, 0) is 74.2 Å². The molecule has 2 aromatic carbocycles. The molecule has 144 valence electrons. The Morgan fingerprint density at radius 3 is 1.61 bits per heavy atom. The Hall–Kier alpha value is -1.71. The number of thioether (sulfide) groups is 2. The first-order chi connectivity index (χ1) is 13.3. The SMILES string of the molecule is CC(C)(C(=O)C(C)(C)c1ccc2c(c1)C=CCS2)c1ccc2c(c1)C=CCS2. The fourth-order valence-electron chi connectivity index (χ4n) is 4.07. The summed E-state index contributed by atoms with van der Waals surface area (Å²) in [6.07, 6.45) is 8.73. The highest BCUT2D eigenvalue weighted by Crippen LogP contribution is 2.40. The van der Waals surface area contributed by atoms with Crippen molar-refractivity contribution in [3.05, 3.63) is 70.8 Å². The van der Waals surface area contributed by atoms with Crippen LogP contribution in [0.4, 0.5) is 0 Å². The van der Waals surface area contributed by atoms with Crippen LogP contribution in [0.25, 0.3) is 12.2 Å². The van der Waals surface area contributed by atoms with E-state index in [-0.39, 0.29) is 5.78 Å². The van der Waals surface area contributed by atoms with Crippen LogP contribution in [0.5, 0.6) is 0 Å². The maximum Gasteiger partial charge on any atom is 0.152 e. The molecule has 0 spiro atoms. The molecular weight excluding hydrogens is 380 g/mol. The highest BCUT2D eigenvalue weighted by molar-refractivity contribution is 7.99. The van der Waals surface area contributed by atoms with Crippen LogP contribution in [0, 0.1) is 0 Å². The van der Waals surface area contributed by atoms with Gasteiger partial charge in [0.15, 0.2) is 5.78 Å². The van der Waals surface area contributed by atoms with Crippen LogP contribution in [-0.4, -0.2) is 17.3 Å². The largest absolute Gasteiger partial charge is 0.298 e. The van der Waals surface area contributed by atoms with Crippen LogP contribution in [0.2, 0.25) is 0 Å². The lowest BCUT2D eigenvalue weighted by Gasteiger charge is -2.35. The van der Waals surface area contributed by atoms with Gasteiger partial charge in [0.2, 0.25) is 0 Å². The van der Waals surface area contributed by atoms with E-state index in [1.807, 2.05) is 23.5 Å². The van der Waals surface area contributed by atoms with Crippen LogP contribution < -0.4 is 0 Å². The summed E-state index contributed by atoms with van der Waals surface area (Å²) in [5.41, 5.74) is 3.51. The normalized spacial score (nSPS) is 15.9. The highest BCUT2D eigenvalue weighted by atomic mass is 32.2. The molecule has 2 aliphatic heterocycles. The molecule has 0 aliphatic carbocycles. The lowest BCUT2D eigenvalue weighted by Crippen LogP contribution is -2.42. The molecule has 0 N–H and O–H groups in total. The standard InChI is InChI=1S/C25H26OS2/c1-24(2,19-9-11-21-17(15-19)7-5-13-27-21)23(26)25(3,4)20-10-12-22-18(16-20)8-6-14-28-22/h5-12,15-16H,13-14H2,1-4H3. The molecule has 2 heterocycles. The number of Topliss-reactive ketones (excluding diaryl/α,β-unsaturated/α-hetero) is 1. The van der Waals surface area contributed by atoms with Crippen LogP contribution in [0.1, 0.15) is 49.9 Å². The average Bonchev–Trinajstić information content (AvgIpc) is 2.72. The second-order valence-electron chi connectivity index (χ2n) is 8.51. The fourth-order valence-corrected chi connectivity index (χ4v) is 5.73. The molecule has 0 unspecified atom stereocenters. The summed E-state index contributed by atoms with van der Waals surface area (Å²) < 4.78 is 0. The lowest BCUT2D eigenvalue weighted by molar-refractivity contribution is -0.128. The van der Waals surface area contributed by atoms with Crippen LogP contribution >= 0.6 is 23.5 Å². The summed E-state index contributed by atoms with van der Waals surface area (Å²) in [4.78, 5) is 16.4. The zero-order valence-corrected chi connectivity index (χ0v) is 18.5. The summed E-state index contributed by atoms with van der Waals surface area (Å²) >= 11 is 3.70. The summed E-state index contributed by atoms with van der Waals surface area (Å²) in [5, 5.41) is 0. The van der Waals surface area contributed by atoms with Gasteiger partial charge in [0.05, 0.1) is 0 Å². The third-order valence-corrected chi connectivity index (χ3v) is 7.95. The number of hydrogen-bond donors (Lipinski definition) is 0. The van der Waals surface area contributed by atoms with E-state index in [0.717, 1.165) is 22.6 Å². The van der Waals surface area contributed by atoms with E-state index in [9.17, 15) is 4.79 Å². The zero-order chi connectivity index (χ0) is 19.9. The number of ketones is 1. The van der Waals surface area contributed by atoms with Gasteiger partial charge in [0.25, 0.3) is 0 Å². The third-order valence-electron chi connectivity index (χ3n) is 5.86. The van der Waals surface area contributed by atoms with E-state index in [4.69, 9.17) is 0 Å². The molecule has 0 fully saturated rings. The molecule has 0 aromatic heterocycles. The molecule has 1 nitrogen and oxygen atoms in total. The second-order valence-corrected chi connectivity index (χ2v) is 10.6. The first kappa shape index (κ1) is 19.6. The van der Waals surface area contributed by atoms with Crippen molar-refractivity contribution < 1.29 is 4.79 Å². The van der Waals surface area contributed by atoms with Gasteiger partial charge < -0.3 is 0 Å². The van der Waals surface area contributed by atoms with Crippen LogP contribution in [0.15, 0.2) is 58.3 Å². The number of benzene rings is 2. The van der Waals surface area contributed by atoms with E-state index in [0.29, 0.717) is 0 Å². The van der Waals surface area contributed by atoms with Gasteiger partial charge in [-0.3, -0.25) is 4.79 Å². The predicted molar refractivity (Wildman–Crippen MR) is 123 cm³/mol.